The third-order valence-corrected chi connectivity index (χ3v) is 3.72. The van der Waals surface area contributed by atoms with Crippen LogP contribution in [0.2, 0.25) is 5.02 Å². The van der Waals surface area contributed by atoms with Gasteiger partial charge in [-0.25, -0.2) is 0 Å². The van der Waals surface area contributed by atoms with Crippen LogP contribution in [0.4, 0.5) is 5.69 Å². The van der Waals surface area contributed by atoms with E-state index in [9.17, 15) is 9.59 Å². The number of hydrogen-bond acceptors (Lipinski definition) is 3. The van der Waals surface area contributed by atoms with Gasteiger partial charge >= 0.3 is 0 Å². The molecule has 0 saturated heterocycles. The van der Waals surface area contributed by atoms with Crippen LogP contribution in [0.25, 0.3) is 0 Å². The number of carbonyl (C=O) groups excluding carboxylic acids is 2. The SMILES string of the molecule is O=C1COc2cccc(C(=O)NCCc3cccc(Cl)c3)c2N1. The number of hydrogen-bond donors (Lipinski definition) is 2. The summed E-state index contributed by atoms with van der Waals surface area (Å²) in [6, 6.07) is 12.6. The van der Waals surface area contributed by atoms with Crippen molar-refractivity contribution in [2.75, 3.05) is 18.5 Å². The zero-order valence-corrected chi connectivity index (χ0v) is 13.0. The van der Waals surface area contributed by atoms with Gasteiger partial charge in [0.1, 0.15) is 5.75 Å². The molecule has 1 heterocycles. The highest BCUT2D eigenvalue weighted by atomic mass is 35.5. The maximum Gasteiger partial charge on any atom is 0.262 e. The van der Waals surface area contributed by atoms with E-state index < -0.39 is 0 Å². The second kappa shape index (κ2) is 6.71. The maximum absolute atomic E-state index is 12.3. The molecule has 0 radical (unpaired) electrons. The lowest BCUT2D eigenvalue weighted by atomic mass is 10.1. The standard InChI is InChI=1S/C17H15ClN2O3/c18-12-4-1-3-11(9-12)7-8-19-17(22)13-5-2-6-14-16(13)20-15(21)10-23-14/h1-6,9H,7-8,10H2,(H,19,22)(H,20,21). The summed E-state index contributed by atoms with van der Waals surface area (Å²) < 4.78 is 5.31. The zero-order chi connectivity index (χ0) is 16.2. The van der Waals surface area contributed by atoms with Crippen LogP contribution in [0.3, 0.4) is 0 Å². The minimum absolute atomic E-state index is 0.0349. The van der Waals surface area contributed by atoms with Gasteiger partial charge in [-0.15, -0.1) is 0 Å². The highest BCUT2D eigenvalue weighted by Crippen LogP contribution is 2.30. The first kappa shape index (κ1) is 15.4. The molecule has 0 unspecified atom stereocenters. The third-order valence-electron chi connectivity index (χ3n) is 3.48. The number of carbonyl (C=O) groups is 2. The van der Waals surface area contributed by atoms with Crippen molar-refractivity contribution in [2.24, 2.45) is 0 Å². The Bertz CT molecular complexity index is 761. The van der Waals surface area contributed by atoms with Gasteiger partial charge in [-0.2, -0.15) is 0 Å². The molecule has 0 bridgehead atoms. The van der Waals surface area contributed by atoms with E-state index in [2.05, 4.69) is 10.6 Å². The van der Waals surface area contributed by atoms with Crippen molar-refractivity contribution < 1.29 is 14.3 Å². The fourth-order valence-electron chi connectivity index (χ4n) is 2.40. The van der Waals surface area contributed by atoms with E-state index in [4.69, 9.17) is 16.3 Å². The van der Waals surface area contributed by atoms with Crippen LogP contribution >= 0.6 is 11.6 Å². The molecule has 0 aliphatic carbocycles. The van der Waals surface area contributed by atoms with Gasteiger partial charge in [0.15, 0.2) is 6.61 Å². The van der Waals surface area contributed by atoms with Crippen molar-refractivity contribution in [3.05, 3.63) is 58.6 Å². The van der Waals surface area contributed by atoms with Crippen LogP contribution in [-0.2, 0) is 11.2 Å². The lowest BCUT2D eigenvalue weighted by molar-refractivity contribution is -0.118. The minimum atomic E-state index is -0.267. The molecule has 118 valence electrons. The van der Waals surface area contributed by atoms with Gasteiger partial charge in [-0.05, 0) is 36.2 Å². The van der Waals surface area contributed by atoms with E-state index in [0.29, 0.717) is 35.0 Å². The lowest BCUT2D eigenvalue weighted by Gasteiger charge is -2.20. The summed E-state index contributed by atoms with van der Waals surface area (Å²) in [6.45, 7) is 0.435. The van der Waals surface area contributed by atoms with Crippen LogP contribution in [-0.4, -0.2) is 25.0 Å². The minimum Gasteiger partial charge on any atom is -0.482 e. The molecule has 0 spiro atoms. The van der Waals surface area contributed by atoms with Gasteiger partial charge in [-0.3, -0.25) is 9.59 Å². The Balaban J connectivity index is 1.66. The number of fused-ring (bicyclic) bond motifs is 1. The molecule has 2 aromatic carbocycles. The van der Waals surface area contributed by atoms with Crippen LogP contribution in [0, 0.1) is 0 Å². The Kier molecular flexibility index (Phi) is 4.48. The molecule has 0 fully saturated rings. The molecule has 1 aliphatic heterocycles. The van der Waals surface area contributed by atoms with Gasteiger partial charge in [0, 0.05) is 11.6 Å². The molecule has 0 aromatic heterocycles. The summed E-state index contributed by atoms with van der Waals surface area (Å²) in [5, 5.41) is 6.20. The van der Waals surface area contributed by atoms with E-state index >= 15 is 0 Å². The number of ether oxygens (including phenoxy) is 1. The monoisotopic (exact) mass is 330 g/mol. The Hall–Kier alpha value is -2.53. The fourth-order valence-corrected chi connectivity index (χ4v) is 2.61. The molecule has 2 amide bonds. The van der Waals surface area contributed by atoms with Gasteiger partial charge in [0.05, 0.1) is 11.3 Å². The van der Waals surface area contributed by atoms with E-state index in [0.717, 1.165) is 5.56 Å². The molecule has 0 atom stereocenters. The number of nitrogens with one attached hydrogen (secondary N) is 2. The largest absolute Gasteiger partial charge is 0.482 e. The molecular formula is C17H15ClN2O3. The third kappa shape index (κ3) is 3.63. The van der Waals surface area contributed by atoms with Crippen molar-refractivity contribution in [1.82, 2.24) is 5.32 Å². The first-order valence-corrected chi connectivity index (χ1v) is 7.59. The van der Waals surface area contributed by atoms with Gasteiger partial charge in [0.25, 0.3) is 11.8 Å². The average molecular weight is 331 g/mol. The summed E-state index contributed by atoms with van der Waals surface area (Å²) in [6.07, 6.45) is 0.671. The Morgan fingerprint density at radius 2 is 2.09 bits per heavy atom. The molecule has 5 nitrogen and oxygen atoms in total. The number of para-hydroxylation sites is 1. The van der Waals surface area contributed by atoms with Gasteiger partial charge in [0.2, 0.25) is 0 Å². The predicted octanol–water partition coefficient (Wildman–Crippen LogP) is 2.64. The van der Waals surface area contributed by atoms with Crippen molar-refractivity contribution in [3.63, 3.8) is 0 Å². The number of rotatable bonds is 4. The number of anilines is 1. The molecule has 2 N–H and O–H groups in total. The molecule has 1 aliphatic rings. The van der Waals surface area contributed by atoms with E-state index in [1.165, 1.54) is 0 Å². The smallest absolute Gasteiger partial charge is 0.262 e. The van der Waals surface area contributed by atoms with E-state index in [-0.39, 0.29) is 18.4 Å². The normalized spacial score (nSPS) is 12.8. The first-order chi connectivity index (χ1) is 11.1. The van der Waals surface area contributed by atoms with E-state index in [1.807, 2.05) is 24.3 Å². The summed E-state index contributed by atoms with van der Waals surface area (Å²) in [5.41, 5.74) is 1.86. The number of amides is 2. The van der Waals surface area contributed by atoms with Crippen molar-refractivity contribution in [2.45, 2.75) is 6.42 Å². The lowest BCUT2D eigenvalue weighted by Crippen LogP contribution is -2.30. The van der Waals surface area contributed by atoms with Crippen LogP contribution in [0.15, 0.2) is 42.5 Å². The molecule has 3 rings (SSSR count). The highest BCUT2D eigenvalue weighted by molar-refractivity contribution is 6.30. The summed E-state index contributed by atoms with van der Waals surface area (Å²) in [7, 11) is 0. The summed E-state index contributed by atoms with van der Waals surface area (Å²) in [5.74, 6) is -0.0153. The Morgan fingerprint density at radius 3 is 2.91 bits per heavy atom. The summed E-state index contributed by atoms with van der Waals surface area (Å²) in [4.78, 5) is 23.8. The highest BCUT2D eigenvalue weighted by Gasteiger charge is 2.21. The van der Waals surface area contributed by atoms with E-state index in [1.54, 1.807) is 18.2 Å². The van der Waals surface area contributed by atoms with Crippen molar-refractivity contribution >= 4 is 29.1 Å². The number of benzene rings is 2. The van der Waals surface area contributed by atoms with Crippen LogP contribution < -0.4 is 15.4 Å². The fraction of sp³-hybridized carbons (Fsp3) is 0.176. The van der Waals surface area contributed by atoms with Crippen molar-refractivity contribution in [3.8, 4) is 5.75 Å². The average Bonchev–Trinajstić information content (AvgIpc) is 2.54. The molecule has 0 saturated carbocycles. The second-order valence-electron chi connectivity index (χ2n) is 5.15. The predicted molar refractivity (Wildman–Crippen MR) is 88.1 cm³/mol. The Morgan fingerprint density at radius 1 is 1.26 bits per heavy atom. The second-order valence-corrected chi connectivity index (χ2v) is 5.59. The van der Waals surface area contributed by atoms with Gasteiger partial charge in [-0.1, -0.05) is 29.8 Å². The molecule has 6 heteroatoms. The van der Waals surface area contributed by atoms with Crippen molar-refractivity contribution in [1.29, 1.82) is 0 Å². The topological polar surface area (TPSA) is 67.4 Å². The zero-order valence-electron chi connectivity index (χ0n) is 12.3. The molecular weight excluding hydrogens is 316 g/mol. The molecule has 2 aromatic rings. The quantitative estimate of drug-likeness (QED) is 0.905. The Labute approximate surface area is 138 Å². The number of halogens is 1. The van der Waals surface area contributed by atoms with Crippen LogP contribution in [0.1, 0.15) is 15.9 Å². The van der Waals surface area contributed by atoms with Crippen LogP contribution in [0.5, 0.6) is 5.75 Å². The molecule has 23 heavy (non-hydrogen) atoms. The maximum atomic E-state index is 12.3. The summed E-state index contributed by atoms with van der Waals surface area (Å²) >= 11 is 5.93. The first-order valence-electron chi connectivity index (χ1n) is 7.22. The van der Waals surface area contributed by atoms with Gasteiger partial charge < -0.3 is 15.4 Å².